The van der Waals surface area contributed by atoms with Gasteiger partial charge in [-0.3, -0.25) is 0 Å². The fraction of sp³-hybridized carbons (Fsp3) is 0.938. The molecular weight excluding hydrogens is 266 g/mol. The zero-order valence-corrected chi connectivity index (χ0v) is 13.7. The second kappa shape index (κ2) is 10.9. The first-order valence-electron chi connectivity index (χ1n) is 8.49. The standard InChI is InChI=1S/C16H33N3O2/c1-13(17-2)9-11-18-16(21)19-15(10-12-20)14-7-5-3-4-6-8-14/h13-15,17,20H,3-12H2,1-2H3,(H2,18,19,21). The minimum Gasteiger partial charge on any atom is -0.396 e. The van der Waals surface area contributed by atoms with Crippen molar-refractivity contribution in [3.8, 4) is 0 Å². The van der Waals surface area contributed by atoms with Gasteiger partial charge in [-0.05, 0) is 45.6 Å². The van der Waals surface area contributed by atoms with Crippen LogP contribution in [0.4, 0.5) is 4.79 Å². The molecule has 2 atom stereocenters. The molecule has 1 fully saturated rings. The Labute approximate surface area is 129 Å². The Kier molecular flexibility index (Phi) is 9.42. The average Bonchev–Trinajstić information content (AvgIpc) is 2.75. The molecule has 2 amide bonds. The van der Waals surface area contributed by atoms with E-state index in [0.29, 0.717) is 24.9 Å². The van der Waals surface area contributed by atoms with Gasteiger partial charge >= 0.3 is 6.03 Å². The maximum Gasteiger partial charge on any atom is 0.315 e. The third-order valence-corrected chi connectivity index (χ3v) is 4.58. The van der Waals surface area contributed by atoms with E-state index in [9.17, 15) is 9.90 Å². The van der Waals surface area contributed by atoms with E-state index in [-0.39, 0.29) is 18.7 Å². The first-order valence-corrected chi connectivity index (χ1v) is 8.49. The van der Waals surface area contributed by atoms with Crippen LogP contribution in [0.15, 0.2) is 0 Å². The van der Waals surface area contributed by atoms with E-state index in [4.69, 9.17) is 0 Å². The van der Waals surface area contributed by atoms with Gasteiger partial charge in [0.1, 0.15) is 0 Å². The van der Waals surface area contributed by atoms with Gasteiger partial charge in [-0.1, -0.05) is 25.7 Å². The van der Waals surface area contributed by atoms with Crippen LogP contribution in [-0.4, -0.2) is 43.4 Å². The third-order valence-electron chi connectivity index (χ3n) is 4.58. The number of carbonyl (C=O) groups excluding carboxylic acids is 1. The van der Waals surface area contributed by atoms with Gasteiger partial charge in [-0.15, -0.1) is 0 Å². The second-order valence-corrected chi connectivity index (χ2v) is 6.25. The molecule has 1 aliphatic rings. The topological polar surface area (TPSA) is 73.4 Å². The van der Waals surface area contributed by atoms with Crippen LogP contribution in [0.1, 0.15) is 58.3 Å². The Morgan fingerprint density at radius 2 is 1.86 bits per heavy atom. The van der Waals surface area contributed by atoms with Crippen LogP contribution >= 0.6 is 0 Å². The van der Waals surface area contributed by atoms with Gasteiger partial charge in [0.25, 0.3) is 0 Å². The van der Waals surface area contributed by atoms with E-state index in [1.807, 2.05) is 7.05 Å². The molecule has 21 heavy (non-hydrogen) atoms. The molecule has 0 radical (unpaired) electrons. The molecule has 1 aliphatic carbocycles. The van der Waals surface area contributed by atoms with Gasteiger partial charge in [-0.2, -0.15) is 0 Å². The summed E-state index contributed by atoms with van der Waals surface area (Å²) < 4.78 is 0. The van der Waals surface area contributed by atoms with Crippen molar-refractivity contribution in [1.82, 2.24) is 16.0 Å². The molecule has 5 heteroatoms. The number of rotatable bonds is 8. The summed E-state index contributed by atoms with van der Waals surface area (Å²) in [5.41, 5.74) is 0. The molecule has 5 nitrogen and oxygen atoms in total. The van der Waals surface area contributed by atoms with E-state index in [1.54, 1.807) is 0 Å². The summed E-state index contributed by atoms with van der Waals surface area (Å²) in [7, 11) is 1.92. The fourth-order valence-corrected chi connectivity index (χ4v) is 3.04. The predicted octanol–water partition coefficient (Wildman–Crippen LogP) is 2.00. The monoisotopic (exact) mass is 299 g/mol. The number of amides is 2. The molecule has 0 bridgehead atoms. The Morgan fingerprint density at radius 1 is 1.19 bits per heavy atom. The largest absolute Gasteiger partial charge is 0.396 e. The maximum atomic E-state index is 12.0. The van der Waals surface area contributed by atoms with Gasteiger partial charge in [0.15, 0.2) is 0 Å². The smallest absolute Gasteiger partial charge is 0.315 e. The lowest BCUT2D eigenvalue weighted by Crippen LogP contribution is -2.46. The molecule has 124 valence electrons. The summed E-state index contributed by atoms with van der Waals surface area (Å²) in [4.78, 5) is 12.0. The second-order valence-electron chi connectivity index (χ2n) is 6.25. The maximum absolute atomic E-state index is 12.0. The molecule has 4 N–H and O–H groups in total. The van der Waals surface area contributed by atoms with Crippen molar-refractivity contribution in [1.29, 1.82) is 0 Å². The average molecular weight is 299 g/mol. The van der Waals surface area contributed by atoms with Gasteiger partial charge in [0, 0.05) is 25.2 Å². The number of hydrogen-bond donors (Lipinski definition) is 4. The highest BCUT2D eigenvalue weighted by molar-refractivity contribution is 5.74. The van der Waals surface area contributed by atoms with Gasteiger partial charge < -0.3 is 21.1 Å². The first kappa shape index (κ1) is 18.2. The van der Waals surface area contributed by atoms with E-state index < -0.39 is 0 Å². The van der Waals surface area contributed by atoms with Crippen molar-refractivity contribution in [3.05, 3.63) is 0 Å². The van der Waals surface area contributed by atoms with Crippen molar-refractivity contribution < 1.29 is 9.90 Å². The molecular formula is C16H33N3O2. The first-order chi connectivity index (χ1) is 10.2. The summed E-state index contributed by atoms with van der Waals surface area (Å²) in [5, 5.41) is 18.4. The number of hydrogen-bond acceptors (Lipinski definition) is 3. The van der Waals surface area contributed by atoms with Crippen molar-refractivity contribution in [3.63, 3.8) is 0 Å². The Morgan fingerprint density at radius 3 is 2.43 bits per heavy atom. The number of aliphatic hydroxyl groups is 1. The highest BCUT2D eigenvalue weighted by atomic mass is 16.3. The van der Waals surface area contributed by atoms with Crippen LogP contribution in [0.5, 0.6) is 0 Å². The van der Waals surface area contributed by atoms with Crippen LogP contribution < -0.4 is 16.0 Å². The molecule has 1 saturated carbocycles. The number of aliphatic hydroxyl groups excluding tert-OH is 1. The fourth-order valence-electron chi connectivity index (χ4n) is 3.04. The molecule has 1 rings (SSSR count). The van der Waals surface area contributed by atoms with Gasteiger partial charge in [0.05, 0.1) is 0 Å². The van der Waals surface area contributed by atoms with Crippen LogP contribution in [-0.2, 0) is 0 Å². The van der Waals surface area contributed by atoms with Gasteiger partial charge in [0.2, 0.25) is 0 Å². The zero-order valence-electron chi connectivity index (χ0n) is 13.7. The molecule has 2 unspecified atom stereocenters. The van der Waals surface area contributed by atoms with Crippen LogP contribution in [0, 0.1) is 5.92 Å². The van der Waals surface area contributed by atoms with Gasteiger partial charge in [-0.25, -0.2) is 4.79 Å². The molecule has 0 aromatic rings. The van der Waals surface area contributed by atoms with E-state index in [1.165, 1.54) is 38.5 Å². The van der Waals surface area contributed by atoms with Crippen LogP contribution in [0.3, 0.4) is 0 Å². The molecule has 0 aromatic carbocycles. The summed E-state index contributed by atoms with van der Waals surface area (Å²) in [6.45, 7) is 2.91. The highest BCUT2D eigenvalue weighted by Crippen LogP contribution is 2.26. The van der Waals surface area contributed by atoms with E-state index >= 15 is 0 Å². The van der Waals surface area contributed by atoms with Crippen molar-refractivity contribution in [2.75, 3.05) is 20.2 Å². The summed E-state index contributed by atoms with van der Waals surface area (Å²) >= 11 is 0. The number of urea groups is 1. The zero-order chi connectivity index (χ0) is 15.5. The molecule has 0 heterocycles. The molecule has 0 aromatic heterocycles. The quantitative estimate of drug-likeness (QED) is 0.518. The van der Waals surface area contributed by atoms with Crippen LogP contribution in [0.2, 0.25) is 0 Å². The Hall–Kier alpha value is -0.810. The summed E-state index contributed by atoms with van der Waals surface area (Å²) in [5.74, 6) is 0.515. The van der Waals surface area contributed by atoms with Crippen LogP contribution in [0.25, 0.3) is 0 Å². The summed E-state index contributed by atoms with van der Waals surface area (Å²) in [6, 6.07) is 0.413. The minimum atomic E-state index is -0.0963. The lowest BCUT2D eigenvalue weighted by Gasteiger charge is -2.27. The number of nitrogens with one attached hydrogen (secondary N) is 3. The summed E-state index contributed by atoms with van der Waals surface area (Å²) in [6.07, 6.45) is 9.00. The van der Waals surface area contributed by atoms with E-state index in [2.05, 4.69) is 22.9 Å². The molecule has 0 aliphatic heterocycles. The Balaban J connectivity index is 2.36. The normalized spacial score (nSPS) is 19.6. The molecule has 0 saturated heterocycles. The molecule has 0 spiro atoms. The highest BCUT2D eigenvalue weighted by Gasteiger charge is 2.23. The van der Waals surface area contributed by atoms with Crippen molar-refractivity contribution >= 4 is 6.03 Å². The number of carbonyl (C=O) groups is 1. The lowest BCUT2D eigenvalue weighted by atomic mass is 9.90. The SMILES string of the molecule is CNC(C)CCNC(=O)NC(CCO)C1CCCCCC1. The van der Waals surface area contributed by atoms with Crippen molar-refractivity contribution in [2.24, 2.45) is 5.92 Å². The minimum absolute atomic E-state index is 0.0963. The lowest BCUT2D eigenvalue weighted by molar-refractivity contribution is 0.207. The predicted molar refractivity (Wildman–Crippen MR) is 86.4 cm³/mol. The third kappa shape index (κ3) is 7.67. The van der Waals surface area contributed by atoms with Crippen molar-refractivity contribution in [2.45, 2.75) is 70.4 Å². The van der Waals surface area contributed by atoms with E-state index in [0.717, 1.165) is 6.42 Å². The Bertz CT molecular complexity index is 279.